The van der Waals surface area contributed by atoms with Crippen molar-refractivity contribution in [3.8, 4) is 0 Å². The summed E-state index contributed by atoms with van der Waals surface area (Å²) in [4.78, 5) is 13.6. The maximum atomic E-state index is 13.5. The smallest absolute Gasteiger partial charge is 0.251 e. The largest absolute Gasteiger partial charge is 0.348 e. The Labute approximate surface area is 188 Å². The number of sulfonamides is 1. The molecule has 1 amide bonds. The van der Waals surface area contributed by atoms with Gasteiger partial charge < -0.3 is 5.32 Å². The molecule has 31 heavy (non-hydrogen) atoms. The Morgan fingerprint density at radius 3 is 2.39 bits per heavy atom. The first-order valence-corrected chi connectivity index (χ1v) is 13.4. The highest BCUT2D eigenvalue weighted by atomic mass is 32.2. The Balaban J connectivity index is 1.65. The quantitative estimate of drug-likeness (QED) is 0.697. The molecular weight excluding hydrogens is 408 g/mol. The number of carbonyl (C=O) groups excluding carboxylic acids is 1. The molecule has 1 N–H and O–H groups in total. The van der Waals surface area contributed by atoms with Crippen molar-refractivity contribution in [2.24, 2.45) is 16.7 Å². The van der Waals surface area contributed by atoms with Crippen LogP contribution in [0.25, 0.3) is 0 Å². The molecule has 2 aliphatic carbocycles. The number of benzene rings is 1. The van der Waals surface area contributed by atoms with Gasteiger partial charge in [-0.2, -0.15) is 4.31 Å². The van der Waals surface area contributed by atoms with Gasteiger partial charge in [0.15, 0.2) is 0 Å². The fraction of sp³-hybridized carbons (Fsp3) is 0.720. The predicted molar refractivity (Wildman–Crippen MR) is 124 cm³/mol. The monoisotopic (exact) mass is 446 g/mol. The molecule has 172 valence electrons. The summed E-state index contributed by atoms with van der Waals surface area (Å²) in [6.07, 6.45) is 6.40. The second kappa shape index (κ2) is 7.87. The number of nitrogens with one attached hydrogen (secondary N) is 1. The first-order chi connectivity index (χ1) is 14.5. The van der Waals surface area contributed by atoms with Crippen LogP contribution in [0.3, 0.4) is 0 Å². The molecular formula is C25H38N2O3S. The average molecular weight is 447 g/mol. The predicted octanol–water partition coefficient (Wildman–Crippen LogP) is 4.93. The molecule has 0 aromatic heterocycles. The lowest BCUT2D eigenvalue weighted by molar-refractivity contribution is 0.0737. The summed E-state index contributed by atoms with van der Waals surface area (Å²) in [5.41, 5.74) is 1.42. The minimum Gasteiger partial charge on any atom is -0.348 e. The van der Waals surface area contributed by atoms with Crippen LogP contribution in [0.2, 0.25) is 0 Å². The summed E-state index contributed by atoms with van der Waals surface area (Å²) < 4.78 is 28.6. The van der Waals surface area contributed by atoms with E-state index in [-0.39, 0.29) is 28.7 Å². The SMILES string of the molecule is CC(C)c1ccc(C(=O)N[C@H]2C3(C)CC[C@@H](C3)C2(C)C)cc1S(=O)(=O)N1CCCCC1. The van der Waals surface area contributed by atoms with Crippen molar-refractivity contribution in [3.63, 3.8) is 0 Å². The summed E-state index contributed by atoms with van der Waals surface area (Å²) in [6.45, 7) is 12.0. The average Bonchev–Trinajstić information content (AvgIpc) is 3.22. The number of carbonyl (C=O) groups is 1. The van der Waals surface area contributed by atoms with Crippen LogP contribution in [-0.2, 0) is 10.0 Å². The lowest BCUT2D eigenvalue weighted by Gasteiger charge is -2.43. The molecule has 6 heteroatoms. The zero-order valence-corrected chi connectivity index (χ0v) is 20.5. The molecule has 1 aromatic rings. The lowest BCUT2D eigenvalue weighted by Crippen LogP contribution is -2.52. The first-order valence-electron chi connectivity index (χ1n) is 11.9. The highest BCUT2D eigenvalue weighted by molar-refractivity contribution is 7.89. The molecule has 1 aliphatic heterocycles. The highest BCUT2D eigenvalue weighted by Gasteiger charge is 2.59. The zero-order valence-electron chi connectivity index (χ0n) is 19.7. The summed E-state index contributed by atoms with van der Waals surface area (Å²) in [5.74, 6) is 0.550. The van der Waals surface area contributed by atoms with Gasteiger partial charge in [-0.15, -0.1) is 0 Å². The van der Waals surface area contributed by atoms with Crippen LogP contribution in [-0.4, -0.2) is 37.8 Å². The van der Waals surface area contributed by atoms with Crippen LogP contribution in [0.15, 0.2) is 23.1 Å². The highest BCUT2D eigenvalue weighted by Crippen LogP contribution is 2.62. The number of fused-ring (bicyclic) bond motifs is 2. The molecule has 5 nitrogen and oxygen atoms in total. The molecule has 3 atom stereocenters. The standard InChI is InChI=1S/C25H38N2O3S/c1-17(2)20-10-9-18(15-21(20)31(29,30)27-13-7-6-8-14-27)22(28)26-23-24(3,4)19-11-12-25(23,5)16-19/h9-10,15,17,19,23H,6-8,11-14,16H2,1-5H3,(H,26,28)/t19-,23+,25?/m0/s1. The van der Waals surface area contributed by atoms with E-state index in [1.165, 1.54) is 6.42 Å². The van der Waals surface area contributed by atoms with Gasteiger partial charge in [-0.05, 0) is 72.5 Å². The summed E-state index contributed by atoms with van der Waals surface area (Å²) >= 11 is 0. The van der Waals surface area contributed by atoms with Gasteiger partial charge in [-0.1, -0.05) is 47.1 Å². The van der Waals surface area contributed by atoms with Crippen molar-refractivity contribution in [1.29, 1.82) is 0 Å². The number of hydrogen-bond acceptors (Lipinski definition) is 3. The van der Waals surface area contributed by atoms with E-state index in [9.17, 15) is 13.2 Å². The van der Waals surface area contributed by atoms with Crippen LogP contribution in [0, 0.1) is 16.7 Å². The molecule has 2 bridgehead atoms. The topological polar surface area (TPSA) is 66.5 Å². The van der Waals surface area contributed by atoms with E-state index in [2.05, 4.69) is 26.1 Å². The normalized spacial score (nSPS) is 30.6. The minimum absolute atomic E-state index is 0.0588. The molecule has 1 saturated heterocycles. The maximum absolute atomic E-state index is 13.5. The van der Waals surface area contributed by atoms with Gasteiger partial charge in [0.05, 0.1) is 4.90 Å². The van der Waals surface area contributed by atoms with E-state index >= 15 is 0 Å². The van der Waals surface area contributed by atoms with Crippen molar-refractivity contribution < 1.29 is 13.2 Å². The van der Waals surface area contributed by atoms with Crippen molar-refractivity contribution >= 4 is 15.9 Å². The minimum atomic E-state index is -3.61. The van der Waals surface area contributed by atoms with E-state index in [1.54, 1.807) is 16.4 Å². The van der Waals surface area contributed by atoms with Gasteiger partial charge in [0, 0.05) is 24.7 Å². The molecule has 1 unspecified atom stereocenters. The Morgan fingerprint density at radius 1 is 1.13 bits per heavy atom. The number of nitrogens with zero attached hydrogens (tertiary/aromatic N) is 1. The summed E-state index contributed by atoms with van der Waals surface area (Å²) in [5, 5.41) is 3.32. The third-order valence-corrected chi connectivity index (χ3v) is 10.3. The zero-order chi connectivity index (χ0) is 22.6. The second-order valence-corrected chi connectivity index (χ2v) is 13.1. The molecule has 1 aromatic carbocycles. The van der Waals surface area contributed by atoms with Gasteiger partial charge in [0.1, 0.15) is 0 Å². The fourth-order valence-electron chi connectivity index (χ4n) is 6.50. The Kier molecular flexibility index (Phi) is 5.79. The van der Waals surface area contributed by atoms with Crippen molar-refractivity contribution in [2.45, 2.75) is 90.0 Å². The number of piperidine rings is 1. The molecule has 4 rings (SSSR count). The first kappa shape index (κ1) is 22.8. The van der Waals surface area contributed by atoms with Crippen LogP contribution in [0.5, 0.6) is 0 Å². The van der Waals surface area contributed by atoms with Gasteiger partial charge in [0.25, 0.3) is 5.91 Å². The van der Waals surface area contributed by atoms with Gasteiger partial charge in [-0.25, -0.2) is 8.42 Å². The van der Waals surface area contributed by atoms with Crippen LogP contribution in [0.4, 0.5) is 0 Å². The van der Waals surface area contributed by atoms with E-state index < -0.39 is 10.0 Å². The number of hydrogen-bond donors (Lipinski definition) is 1. The van der Waals surface area contributed by atoms with E-state index in [4.69, 9.17) is 0 Å². The number of amides is 1. The third-order valence-electron chi connectivity index (χ3n) is 8.38. The Bertz CT molecular complexity index is 958. The van der Waals surface area contributed by atoms with Crippen LogP contribution in [0.1, 0.15) is 95.0 Å². The summed E-state index contributed by atoms with van der Waals surface area (Å²) in [7, 11) is -3.61. The second-order valence-electron chi connectivity index (χ2n) is 11.2. The van der Waals surface area contributed by atoms with Crippen LogP contribution >= 0.6 is 0 Å². The molecule has 2 saturated carbocycles. The number of rotatable bonds is 5. The van der Waals surface area contributed by atoms with Gasteiger partial charge in [-0.3, -0.25) is 4.79 Å². The van der Waals surface area contributed by atoms with Gasteiger partial charge in [0.2, 0.25) is 10.0 Å². The molecule has 3 fully saturated rings. The molecule has 0 radical (unpaired) electrons. The van der Waals surface area contributed by atoms with Crippen molar-refractivity contribution in [1.82, 2.24) is 9.62 Å². The Hall–Kier alpha value is -1.40. The van der Waals surface area contributed by atoms with E-state index in [1.807, 2.05) is 19.9 Å². The molecule has 0 spiro atoms. The van der Waals surface area contributed by atoms with Crippen molar-refractivity contribution in [3.05, 3.63) is 29.3 Å². The van der Waals surface area contributed by atoms with Crippen molar-refractivity contribution in [2.75, 3.05) is 13.1 Å². The molecule has 1 heterocycles. The van der Waals surface area contributed by atoms with Crippen LogP contribution < -0.4 is 5.32 Å². The Morgan fingerprint density at radius 2 is 1.81 bits per heavy atom. The summed E-state index contributed by atoms with van der Waals surface area (Å²) in [6, 6.07) is 5.36. The van der Waals surface area contributed by atoms with E-state index in [0.717, 1.165) is 37.7 Å². The van der Waals surface area contributed by atoms with Gasteiger partial charge >= 0.3 is 0 Å². The van der Waals surface area contributed by atoms with E-state index in [0.29, 0.717) is 29.5 Å². The lowest BCUT2D eigenvalue weighted by atomic mass is 9.68. The molecule has 3 aliphatic rings. The fourth-order valence-corrected chi connectivity index (χ4v) is 8.39. The maximum Gasteiger partial charge on any atom is 0.251 e. The third kappa shape index (κ3) is 3.84.